The van der Waals surface area contributed by atoms with E-state index in [2.05, 4.69) is 229 Å². The molecule has 0 saturated carbocycles. The maximum absolute atomic E-state index is 2.40. The molecule has 0 bridgehead atoms. The minimum absolute atomic E-state index is 1.10. The van der Waals surface area contributed by atoms with Crippen LogP contribution in [0.1, 0.15) is 0 Å². The van der Waals surface area contributed by atoms with Crippen LogP contribution in [0.2, 0.25) is 0 Å². The van der Waals surface area contributed by atoms with Crippen LogP contribution in [0.5, 0.6) is 0 Å². The normalized spacial score (nSPS) is 11.4. The number of fused-ring (bicyclic) bond motifs is 6. The number of nitrogens with zero attached hydrogens (tertiary/aromatic N) is 1. The van der Waals surface area contributed by atoms with E-state index in [1.54, 1.807) is 0 Å². The monoisotopic (exact) mass is 755 g/mol. The highest BCUT2D eigenvalue weighted by Crippen LogP contribution is 2.44. The maximum atomic E-state index is 2.40. The van der Waals surface area contributed by atoms with Crippen LogP contribution >= 0.6 is 11.3 Å². The molecule has 0 fully saturated rings. The highest BCUT2D eigenvalue weighted by atomic mass is 32.1. The third-order valence-corrected chi connectivity index (χ3v) is 12.6. The lowest BCUT2D eigenvalue weighted by Crippen LogP contribution is -2.09. The second-order valence-electron chi connectivity index (χ2n) is 14.9. The molecule has 0 unspecified atom stereocenters. The van der Waals surface area contributed by atoms with Crippen LogP contribution < -0.4 is 4.90 Å². The molecular weight excluding hydrogens is 719 g/mol. The van der Waals surface area contributed by atoms with Crippen molar-refractivity contribution < 1.29 is 0 Å². The number of hydrogen-bond donors (Lipinski definition) is 0. The van der Waals surface area contributed by atoms with E-state index >= 15 is 0 Å². The molecule has 0 aliphatic rings. The quantitative estimate of drug-likeness (QED) is 0.146. The van der Waals surface area contributed by atoms with E-state index in [4.69, 9.17) is 0 Å². The molecule has 10 aromatic carbocycles. The summed E-state index contributed by atoms with van der Waals surface area (Å²) in [5.41, 5.74) is 13.1. The first-order valence-electron chi connectivity index (χ1n) is 19.8. The Bertz CT molecular complexity index is 3240. The van der Waals surface area contributed by atoms with Gasteiger partial charge in [-0.25, -0.2) is 0 Å². The first-order chi connectivity index (χ1) is 28.7. The lowest BCUT2D eigenvalue weighted by Gasteiger charge is -2.26. The lowest BCUT2D eigenvalue weighted by atomic mass is 9.92. The Kier molecular flexibility index (Phi) is 8.42. The second-order valence-corrected chi connectivity index (χ2v) is 16.0. The molecule has 1 aromatic heterocycles. The van der Waals surface area contributed by atoms with Gasteiger partial charge in [-0.3, -0.25) is 0 Å². The van der Waals surface area contributed by atoms with Gasteiger partial charge in [-0.15, -0.1) is 11.3 Å². The predicted molar refractivity (Wildman–Crippen MR) is 251 cm³/mol. The molecule has 58 heavy (non-hydrogen) atoms. The molecular formula is C56H37NS. The van der Waals surface area contributed by atoms with E-state index in [0.29, 0.717) is 0 Å². The zero-order valence-electron chi connectivity index (χ0n) is 31.7. The Hall–Kier alpha value is -7.26. The molecule has 0 amide bonds. The number of benzene rings is 10. The lowest BCUT2D eigenvalue weighted by molar-refractivity contribution is 1.28. The van der Waals surface area contributed by atoms with Crippen molar-refractivity contribution in [2.45, 2.75) is 0 Å². The van der Waals surface area contributed by atoms with Crippen LogP contribution in [0.3, 0.4) is 0 Å². The zero-order valence-corrected chi connectivity index (χ0v) is 32.5. The van der Waals surface area contributed by atoms with Crippen LogP contribution in [0.4, 0.5) is 17.1 Å². The van der Waals surface area contributed by atoms with Crippen LogP contribution in [-0.4, -0.2) is 0 Å². The first kappa shape index (κ1) is 34.0. The van der Waals surface area contributed by atoms with Crippen molar-refractivity contribution in [2.75, 3.05) is 4.90 Å². The summed E-state index contributed by atoms with van der Waals surface area (Å²) in [7, 11) is 0. The van der Waals surface area contributed by atoms with Gasteiger partial charge in [-0.1, -0.05) is 164 Å². The van der Waals surface area contributed by atoms with Crippen molar-refractivity contribution >= 4 is 70.1 Å². The minimum atomic E-state index is 1.10. The van der Waals surface area contributed by atoms with Crippen molar-refractivity contribution in [3.05, 3.63) is 224 Å². The standard InChI is InChI=1S/C56H37NS/c1-3-13-38(14-4-1)39-23-29-44(30-24-39)57(45-31-25-41(26-32-45)51-35-43-17-7-8-18-47(43)48-19-9-10-20-49(48)51)46-33-27-42(28-34-46)53-37-56-54(50-21-11-12-22-55(50)58-56)36-52(53)40-15-5-2-6-16-40/h1-37H. The molecule has 2 heteroatoms. The van der Waals surface area contributed by atoms with Crippen molar-refractivity contribution in [3.8, 4) is 44.5 Å². The fourth-order valence-corrected chi connectivity index (χ4v) is 9.75. The predicted octanol–water partition coefficient (Wildman–Crippen LogP) is 16.5. The first-order valence-corrected chi connectivity index (χ1v) is 20.6. The van der Waals surface area contributed by atoms with Crippen molar-refractivity contribution in [1.29, 1.82) is 0 Å². The summed E-state index contributed by atoms with van der Waals surface area (Å²) in [4.78, 5) is 2.37. The summed E-state index contributed by atoms with van der Waals surface area (Å²) in [6.07, 6.45) is 0. The van der Waals surface area contributed by atoms with Gasteiger partial charge in [0.1, 0.15) is 0 Å². The molecule has 1 heterocycles. The summed E-state index contributed by atoms with van der Waals surface area (Å²) >= 11 is 1.87. The molecule has 0 saturated heterocycles. The van der Waals surface area contributed by atoms with E-state index in [-0.39, 0.29) is 0 Å². The zero-order chi connectivity index (χ0) is 38.4. The molecule has 272 valence electrons. The summed E-state index contributed by atoms with van der Waals surface area (Å²) in [6, 6.07) is 81.9. The van der Waals surface area contributed by atoms with Crippen LogP contribution in [0.25, 0.3) is 86.2 Å². The molecule has 0 N–H and O–H groups in total. The molecule has 0 radical (unpaired) electrons. The van der Waals surface area contributed by atoms with Crippen LogP contribution in [0, 0.1) is 0 Å². The van der Waals surface area contributed by atoms with Gasteiger partial charge in [0.15, 0.2) is 0 Å². The fraction of sp³-hybridized carbons (Fsp3) is 0. The molecule has 11 rings (SSSR count). The van der Waals surface area contributed by atoms with E-state index in [0.717, 1.165) is 17.1 Å². The Morgan fingerprint density at radius 3 is 1.36 bits per heavy atom. The molecule has 0 aliphatic carbocycles. The second kappa shape index (κ2) is 14.4. The number of thiophene rings is 1. The van der Waals surface area contributed by atoms with Gasteiger partial charge in [0.25, 0.3) is 0 Å². The summed E-state index contributed by atoms with van der Waals surface area (Å²) in [6.45, 7) is 0. The van der Waals surface area contributed by atoms with Crippen LogP contribution in [0.15, 0.2) is 224 Å². The van der Waals surface area contributed by atoms with Gasteiger partial charge in [-0.2, -0.15) is 0 Å². The van der Waals surface area contributed by atoms with Crippen LogP contribution in [-0.2, 0) is 0 Å². The fourth-order valence-electron chi connectivity index (χ4n) is 8.62. The molecule has 0 spiro atoms. The summed E-state index contributed by atoms with van der Waals surface area (Å²) < 4.78 is 2.62. The Labute approximate surface area is 342 Å². The molecule has 11 aromatic rings. The van der Waals surface area contributed by atoms with E-state index < -0.39 is 0 Å². The average Bonchev–Trinajstić information content (AvgIpc) is 3.67. The summed E-state index contributed by atoms with van der Waals surface area (Å²) in [5, 5.41) is 7.71. The maximum Gasteiger partial charge on any atom is 0.0462 e. The smallest absolute Gasteiger partial charge is 0.0462 e. The third-order valence-electron chi connectivity index (χ3n) is 11.5. The van der Waals surface area contributed by atoms with Gasteiger partial charge in [0.2, 0.25) is 0 Å². The topological polar surface area (TPSA) is 3.24 Å². The number of anilines is 3. The van der Waals surface area contributed by atoms with Gasteiger partial charge in [-0.05, 0) is 127 Å². The third kappa shape index (κ3) is 6.03. The van der Waals surface area contributed by atoms with E-state index in [1.165, 1.54) is 86.2 Å². The molecule has 1 nitrogen and oxygen atoms in total. The van der Waals surface area contributed by atoms with Gasteiger partial charge in [0.05, 0.1) is 0 Å². The molecule has 0 aliphatic heterocycles. The van der Waals surface area contributed by atoms with E-state index in [1.807, 2.05) is 11.3 Å². The highest BCUT2D eigenvalue weighted by Gasteiger charge is 2.17. The number of rotatable bonds is 7. The SMILES string of the molecule is c1ccc(-c2ccc(N(c3ccc(-c4cc5sc6ccccc6c5cc4-c4ccccc4)cc3)c3ccc(-c4cc5ccccc5c5ccccc45)cc3)cc2)cc1. The largest absolute Gasteiger partial charge is 0.311 e. The Balaban J connectivity index is 1.02. The van der Waals surface area contributed by atoms with E-state index in [9.17, 15) is 0 Å². The van der Waals surface area contributed by atoms with Gasteiger partial charge >= 0.3 is 0 Å². The number of hydrogen-bond acceptors (Lipinski definition) is 2. The van der Waals surface area contributed by atoms with Crippen molar-refractivity contribution in [2.24, 2.45) is 0 Å². The average molecular weight is 756 g/mol. The minimum Gasteiger partial charge on any atom is -0.311 e. The highest BCUT2D eigenvalue weighted by molar-refractivity contribution is 7.25. The van der Waals surface area contributed by atoms with Gasteiger partial charge in [0, 0.05) is 37.2 Å². The Morgan fingerprint density at radius 1 is 0.259 bits per heavy atom. The molecule has 0 atom stereocenters. The summed E-state index contributed by atoms with van der Waals surface area (Å²) in [5.74, 6) is 0. The van der Waals surface area contributed by atoms with Gasteiger partial charge < -0.3 is 4.90 Å². The van der Waals surface area contributed by atoms with Crippen molar-refractivity contribution in [3.63, 3.8) is 0 Å². The Morgan fingerprint density at radius 2 is 0.707 bits per heavy atom. The van der Waals surface area contributed by atoms with Crippen molar-refractivity contribution in [1.82, 2.24) is 0 Å².